The van der Waals surface area contributed by atoms with E-state index in [9.17, 15) is 19.5 Å². The van der Waals surface area contributed by atoms with Crippen LogP contribution in [0.1, 0.15) is 22.8 Å². The average Bonchev–Trinajstić information content (AvgIpc) is 3.36. The largest absolute Gasteiger partial charge is 0.489 e. The standard InChI is InChI=1S/C27H24Cl2N2O7/c28-19-7-4-8-20(29)18(19)14-36-17-11-9-15(10-12-17)13-21(26(34)35)31-25(33)23-22(16-5-2-1-3-6-16)37-27(38-23)24(30)32/h1-12,21-23,27H,13-14H2,(H2,30,32)(H,31,33)(H,34,35)/t21?,22-,23-,27?/m1/s1. The van der Waals surface area contributed by atoms with E-state index in [-0.39, 0.29) is 13.0 Å². The molecule has 1 heterocycles. The van der Waals surface area contributed by atoms with Gasteiger partial charge in [0.05, 0.1) is 0 Å². The number of rotatable bonds is 10. The number of benzene rings is 3. The zero-order chi connectivity index (χ0) is 27.2. The fourth-order valence-corrected chi connectivity index (χ4v) is 4.41. The van der Waals surface area contributed by atoms with Gasteiger partial charge in [-0.1, -0.05) is 71.7 Å². The Balaban J connectivity index is 1.41. The molecular formula is C27H24Cl2N2O7. The third kappa shape index (κ3) is 6.62. The van der Waals surface area contributed by atoms with Crippen molar-refractivity contribution in [2.45, 2.75) is 37.6 Å². The minimum Gasteiger partial charge on any atom is -0.489 e. The molecule has 3 aromatic rings. The van der Waals surface area contributed by atoms with Gasteiger partial charge in [0.1, 0.15) is 24.5 Å². The molecule has 38 heavy (non-hydrogen) atoms. The van der Waals surface area contributed by atoms with Crippen molar-refractivity contribution in [3.05, 3.63) is 99.5 Å². The Labute approximate surface area is 228 Å². The number of hydrogen-bond donors (Lipinski definition) is 3. The smallest absolute Gasteiger partial charge is 0.326 e. The molecule has 1 aliphatic rings. The number of nitrogens with one attached hydrogen (secondary N) is 1. The SMILES string of the molecule is NC(=O)C1O[C@H](c2ccccc2)[C@H](C(=O)NC(Cc2ccc(OCc3c(Cl)cccc3Cl)cc2)C(=O)O)O1. The molecule has 198 valence electrons. The Morgan fingerprint density at radius 1 is 0.947 bits per heavy atom. The van der Waals surface area contributed by atoms with Crippen LogP contribution in [0, 0.1) is 0 Å². The Hall–Kier alpha value is -3.63. The first-order valence-electron chi connectivity index (χ1n) is 11.6. The van der Waals surface area contributed by atoms with Crippen molar-refractivity contribution in [1.82, 2.24) is 5.32 Å². The van der Waals surface area contributed by atoms with Crippen molar-refractivity contribution >= 4 is 41.0 Å². The monoisotopic (exact) mass is 558 g/mol. The normalized spacial score (nSPS) is 19.5. The quantitative estimate of drug-likeness (QED) is 0.345. The van der Waals surface area contributed by atoms with E-state index in [2.05, 4.69) is 5.32 Å². The van der Waals surface area contributed by atoms with E-state index in [1.807, 2.05) is 0 Å². The summed E-state index contributed by atoms with van der Waals surface area (Å²) in [5, 5.41) is 13.2. The molecule has 0 aromatic heterocycles. The van der Waals surface area contributed by atoms with Gasteiger partial charge in [0.25, 0.3) is 11.8 Å². The van der Waals surface area contributed by atoms with Crippen LogP contribution in [0.4, 0.5) is 0 Å². The predicted octanol–water partition coefficient (Wildman–Crippen LogP) is 3.65. The highest BCUT2D eigenvalue weighted by molar-refractivity contribution is 6.35. The van der Waals surface area contributed by atoms with Gasteiger partial charge in [-0.2, -0.15) is 0 Å². The van der Waals surface area contributed by atoms with Gasteiger partial charge in [0.15, 0.2) is 6.10 Å². The molecule has 3 aromatic carbocycles. The summed E-state index contributed by atoms with van der Waals surface area (Å²) < 4.78 is 16.7. The third-order valence-corrected chi connectivity index (χ3v) is 6.57. The molecule has 1 saturated heterocycles. The highest BCUT2D eigenvalue weighted by atomic mass is 35.5. The number of carboxylic acid groups (broad SMARTS) is 1. The molecule has 0 saturated carbocycles. The number of hydrogen-bond acceptors (Lipinski definition) is 6. The summed E-state index contributed by atoms with van der Waals surface area (Å²) in [7, 11) is 0. The summed E-state index contributed by atoms with van der Waals surface area (Å²) in [6, 6.07) is 19.3. The number of primary amides is 1. The van der Waals surface area contributed by atoms with Gasteiger partial charge in [-0.3, -0.25) is 9.59 Å². The summed E-state index contributed by atoms with van der Waals surface area (Å²) in [6.07, 6.45) is -3.66. The van der Waals surface area contributed by atoms with Crippen LogP contribution in [0.2, 0.25) is 10.0 Å². The summed E-state index contributed by atoms with van der Waals surface area (Å²) in [6.45, 7) is 0.157. The number of ether oxygens (including phenoxy) is 3. The molecule has 0 spiro atoms. The number of aliphatic carboxylic acids is 1. The summed E-state index contributed by atoms with van der Waals surface area (Å²) in [5.41, 5.74) is 7.17. The molecule has 4 rings (SSSR count). The van der Waals surface area contributed by atoms with Crippen molar-refractivity contribution in [2.24, 2.45) is 5.73 Å². The van der Waals surface area contributed by atoms with Crippen LogP contribution in [0.5, 0.6) is 5.75 Å². The third-order valence-electron chi connectivity index (χ3n) is 5.86. The van der Waals surface area contributed by atoms with Gasteiger partial charge in [-0.25, -0.2) is 4.79 Å². The fourth-order valence-electron chi connectivity index (χ4n) is 3.91. The second kappa shape index (κ2) is 12.3. The van der Waals surface area contributed by atoms with Crippen molar-refractivity contribution in [1.29, 1.82) is 0 Å². The Bertz CT molecular complexity index is 1280. The van der Waals surface area contributed by atoms with Gasteiger partial charge in [0.2, 0.25) is 6.29 Å². The molecule has 0 radical (unpaired) electrons. The number of carboxylic acids is 1. The van der Waals surface area contributed by atoms with Crippen LogP contribution in [-0.4, -0.2) is 41.3 Å². The van der Waals surface area contributed by atoms with Crippen LogP contribution >= 0.6 is 23.2 Å². The molecule has 0 bridgehead atoms. The van der Waals surface area contributed by atoms with E-state index in [0.717, 1.165) is 0 Å². The molecule has 11 heteroatoms. The molecule has 9 nitrogen and oxygen atoms in total. The maximum atomic E-state index is 13.1. The van der Waals surface area contributed by atoms with Gasteiger partial charge >= 0.3 is 5.97 Å². The van der Waals surface area contributed by atoms with Crippen LogP contribution in [-0.2, 0) is 36.9 Å². The van der Waals surface area contributed by atoms with Gasteiger partial charge in [-0.15, -0.1) is 0 Å². The molecule has 4 N–H and O–H groups in total. The Morgan fingerprint density at radius 2 is 1.61 bits per heavy atom. The molecule has 0 aliphatic carbocycles. The molecule has 4 atom stereocenters. The average molecular weight is 559 g/mol. The number of amides is 2. The number of carbonyl (C=O) groups is 3. The predicted molar refractivity (Wildman–Crippen MR) is 139 cm³/mol. The van der Waals surface area contributed by atoms with Crippen molar-refractivity contribution < 1.29 is 33.7 Å². The fraction of sp³-hybridized carbons (Fsp3) is 0.222. The Kier molecular flexibility index (Phi) is 8.85. The van der Waals surface area contributed by atoms with E-state index < -0.39 is 42.3 Å². The molecule has 1 aliphatic heterocycles. The van der Waals surface area contributed by atoms with Crippen LogP contribution in [0.25, 0.3) is 0 Å². The second-order valence-electron chi connectivity index (χ2n) is 8.49. The molecule has 2 unspecified atom stereocenters. The maximum Gasteiger partial charge on any atom is 0.326 e. The minimum absolute atomic E-state index is 0.0134. The lowest BCUT2D eigenvalue weighted by Gasteiger charge is -2.20. The van der Waals surface area contributed by atoms with E-state index in [1.165, 1.54) is 0 Å². The molecular weight excluding hydrogens is 535 g/mol. The van der Waals surface area contributed by atoms with E-state index in [1.54, 1.807) is 72.8 Å². The van der Waals surface area contributed by atoms with Crippen LogP contribution < -0.4 is 15.8 Å². The van der Waals surface area contributed by atoms with Crippen LogP contribution in [0.3, 0.4) is 0 Å². The maximum absolute atomic E-state index is 13.1. The van der Waals surface area contributed by atoms with E-state index in [4.69, 9.17) is 43.1 Å². The number of nitrogens with two attached hydrogens (primary N) is 1. The first-order chi connectivity index (χ1) is 18.2. The van der Waals surface area contributed by atoms with Crippen molar-refractivity contribution in [3.63, 3.8) is 0 Å². The van der Waals surface area contributed by atoms with Gasteiger partial charge < -0.3 is 30.4 Å². The summed E-state index contributed by atoms with van der Waals surface area (Å²) in [4.78, 5) is 36.6. The number of halogens is 2. The number of carbonyl (C=O) groups excluding carboxylic acids is 2. The minimum atomic E-state index is -1.44. The first kappa shape index (κ1) is 27.4. The summed E-state index contributed by atoms with van der Waals surface area (Å²) >= 11 is 12.3. The van der Waals surface area contributed by atoms with Gasteiger partial charge in [0, 0.05) is 22.0 Å². The van der Waals surface area contributed by atoms with Gasteiger partial charge in [-0.05, 0) is 35.4 Å². The lowest BCUT2D eigenvalue weighted by molar-refractivity contribution is -0.151. The topological polar surface area (TPSA) is 137 Å². The van der Waals surface area contributed by atoms with E-state index in [0.29, 0.717) is 32.5 Å². The molecule has 1 fully saturated rings. The first-order valence-corrected chi connectivity index (χ1v) is 12.3. The van der Waals surface area contributed by atoms with E-state index >= 15 is 0 Å². The van der Waals surface area contributed by atoms with Crippen LogP contribution in [0.15, 0.2) is 72.8 Å². The zero-order valence-corrected chi connectivity index (χ0v) is 21.4. The Morgan fingerprint density at radius 3 is 2.21 bits per heavy atom. The van der Waals surface area contributed by atoms with Crippen molar-refractivity contribution in [2.75, 3.05) is 0 Å². The summed E-state index contributed by atoms with van der Waals surface area (Å²) in [5.74, 6) is -2.35. The zero-order valence-electron chi connectivity index (χ0n) is 19.9. The lowest BCUT2D eigenvalue weighted by atomic mass is 10.0. The second-order valence-corrected chi connectivity index (χ2v) is 9.31. The molecule has 2 amide bonds. The lowest BCUT2D eigenvalue weighted by Crippen LogP contribution is -2.48. The van der Waals surface area contributed by atoms with Crippen molar-refractivity contribution in [3.8, 4) is 5.75 Å². The highest BCUT2D eigenvalue weighted by Crippen LogP contribution is 2.33. The highest BCUT2D eigenvalue weighted by Gasteiger charge is 2.44.